The predicted molar refractivity (Wildman–Crippen MR) is 265 cm³/mol. The van der Waals surface area contributed by atoms with Gasteiger partial charge in [0, 0.05) is 54.9 Å². The summed E-state index contributed by atoms with van der Waals surface area (Å²) < 4.78 is 54.7. The zero-order valence-corrected chi connectivity index (χ0v) is 41.9. The van der Waals surface area contributed by atoms with Gasteiger partial charge in [-0.1, -0.05) is 76.9 Å². The smallest absolute Gasteiger partial charge is 0.453 e. The fraction of sp³-hybridized carbons (Fsp3) is 0.333. The van der Waals surface area contributed by atoms with Gasteiger partial charge in [0.25, 0.3) is 0 Å². The number of aryl methyl sites for hydroxylation is 6. The molecule has 0 saturated heterocycles. The van der Waals surface area contributed by atoms with Crippen LogP contribution in [0, 0.1) is 55.4 Å². The van der Waals surface area contributed by atoms with E-state index in [1.807, 2.05) is 12.1 Å². The highest BCUT2D eigenvalue weighted by molar-refractivity contribution is 7.32. The van der Waals surface area contributed by atoms with Crippen LogP contribution in [0.4, 0.5) is 0 Å². The Labute approximate surface area is 378 Å². The van der Waals surface area contributed by atoms with E-state index in [1.165, 1.54) is 0 Å². The second kappa shape index (κ2) is 16.7. The minimum absolute atomic E-state index is 0.439. The molecule has 8 rings (SSSR count). The van der Waals surface area contributed by atoms with Crippen LogP contribution in [0.1, 0.15) is 97.2 Å². The zero-order valence-electron chi connectivity index (χ0n) is 40.1. The number of hydrogen-bond acceptors (Lipinski definition) is 8. The van der Waals surface area contributed by atoms with Crippen molar-refractivity contribution in [2.24, 2.45) is 0 Å². The SMILES string of the molecule is COc1cc(C(C)(C)C)c(Op2oc3ccc(C)cc3c3cc(C)cc(C)c3o2)c(-c2c(C)c(OC)cc(C(C)(C)C)c2Op2oc3ccc(C)cc3c3cc(C)cc(C)c3o2)c1C. The number of benzene rings is 6. The molecule has 334 valence electrons. The molecule has 0 amide bonds. The van der Waals surface area contributed by atoms with Crippen molar-refractivity contribution in [1.82, 2.24) is 0 Å². The Morgan fingerprint density at radius 3 is 1.12 bits per heavy atom. The highest BCUT2D eigenvalue weighted by Crippen LogP contribution is 2.56. The van der Waals surface area contributed by atoms with E-state index in [0.717, 1.165) is 99.5 Å². The van der Waals surface area contributed by atoms with Crippen LogP contribution in [0.25, 0.3) is 55.0 Å². The van der Waals surface area contributed by atoms with E-state index in [1.54, 1.807) is 14.2 Å². The van der Waals surface area contributed by atoms with Gasteiger partial charge in [-0.15, -0.1) is 0 Å². The fourth-order valence-corrected chi connectivity index (χ4v) is 11.1. The highest BCUT2D eigenvalue weighted by Gasteiger charge is 2.34. The molecule has 6 aromatic carbocycles. The van der Waals surface area contributed by atoms with E-state index >= 15 is 0 Å². The van der Waals surface area contributed by atoms with Crippen molar-refractivity contribution in [2.75, 3.05) is 14.2 Å². The maximum atomic E-state index is 7.35. The molecule has 10 heteroatoms. The molecule has 0 spiro atoms. The molecule has 8 aromatic rings. The van der Waals surface area contributed by atoms with Gasteiger partial charge in [0.15, 0.2) is 0 Å². The molecule has 0 radical (unpaired) electrons. The van der Waals surface area contributed by atoms with Gasteiger partial charge >= 0.3 is 16.5 Å². The van der Waals surface area contributed by atoms with E-state index in [-0.39, 0.29) is 0 Å². The lowest BCUT2D eigenvalue weighted by Gasteiger charge is -2.30. The van der Waals surface area contributed by atoms with Crippen LogP contribution in [0.5, 0.6) is 23.0 Å². The van der Waals surface area contributed by atoms with Crippen molar-refractivity contribution >= 4 is 60.4 Å². The molecule has 0 aliphatic rings. The Hall–Kier alpha value is -5.68. The second-order valence-corrected chi connectivity index (χ2v) is 21.3. The fourth-order valence-electron chi connectivity index (χ4n) is 8.79. The summed E-state index contributed by atoms with van der Waals surface area (Å²) in [6, 6.07) is 25.2. The highest BCUT2D eigenvalue weighted by atomic mass is 31.1. The van der Waals surface area contributed by atoms with Crippen molar-refractivity contribution in [3.8, 4) is 34.1 Å². The van der Waals surface area contributed by atoms with Crippen LogP contribution in [0.2, 0.25) is 0 Å². The summed E-state index contributed by atoms with van der Waals surface area (Å²) in [7, 11) is -0.765. The van der Waals surface area contributed by atoms with E-state index in [0.29, 0.717) is 34.2 Å². The van der Waals surface area contributed by atoms with Crippen molar-refractivity contribution in [2.45, 2.75) is 108 Å². The van der Waals surface area contributed by atoms with Gasteiger partial charge in [-0.2, -0.15) is 0 Å². The molecule has 0 fully saturated rings. The van der Waals surface area contributed by atoms with Gasteiger partial charge in [0.2, 0.25) is 0 Å². The van der Waals surface area contributed by atoms with Crippen LogP contribution in [0.15, 0.2) is 89.6 Å². The van der Waals surface area contributed by atoms with Crippen LogP contribution in [0.3, 0.4) is 0 Å². The third kappa shape index (κ3) is 8.28. The van der Waals surface area contributed by atoms with Crippen molar-refractivity contribution < 1.29 is 35.3 Å². The molecule has 8 nitrogen and oxygen atoms in total. The van der Waals surface area contributed by atoms with E-state index in [2.05, 4.69) is 158 Å². The number of hydrogen-bond donors (Lipinski definition) is 0. The van der Waals surface area contributed by atoms with Crippen LogP contribution in [-0.4, -0.2) is 14.2 Å². The largest absolute Gasteiger partial charge is 0.496 e. The van der Waals surface area contributed by atoms with E-state index in [4.69, 9.17) is 35.3 Å². The number of fused-ring (bicyclic) bond motifs is 6. The lowest BCUT2D eigenvalue weighted by atomic mass is 9.79. The average molecular weight is 899 g/mol. The zero-order chi connectivity index (χ0) is 46.2. The monoisotopic (exact) mass is 898 g/mol. The van der Waals surface area contributed by atoms with Crippen LogP contribution in [-0.2, 0) is 10.8 Å². The van der Waals surface area contributed by atoms with E-state index < -0.39 is 27.3 Å². The molecule has 2 heterocycles. The maximum absolute atomic E-state index is 7.35. The Morgan fingerprint density at radius 2 is 0.781 bits per heavy atom. The molecule has 2 atom stereocenters. The average Bonchev–Trinajstić information content (AvgIpc) is 3.45. The summed E-state index contributed by atoms with van der Waals surface area (Å²) in [6.45, 7) is 29.7. The third-order valence-corrected chi connectivity index (χ3v) is 14.0. The predicted octanol–water partition coefficient (Wildman–Crippen LogP) is 17.3. The first-order chi connectivity index (χ1) is 30.2. The van der Waals surface area contributed by atoms with Gasteiger partial charge in [-0.05, 0) is 137 Å². The van der Waals surface area contributed by atoms with Gasteiger partial charge in [0.1, 0.15) is 45.3 Å². The summed E-state index contributed by atoms with van der Waals surface area (Å²) in [5.41, 5.74) is 13.5. The molecule has 2 aromatic heterocycles. The second-order valence-electron chi connectivity index (χ2n) is 19.3. The number of ether oxygens (including phenoxy) is 2. The summed E-state index contributed by atoms with van der Waals surface area (Å²) in [4.78, 5) is 0. The summed E-state index contributed by atoms with van der Waals surface area (Å²) in [5.74, 6) is 2.57. The minimum atomic E-state index is -2.09. The van der Waals surface area contributed by atoms with Crippen LogP contribution < -0.4 is 18.5 Å². The molecule has 0 saturated carbocycles. The number of methoxy groups -OCH3 is 2. The Morgan fingerprint density at radius 1 is 0.422 bits per heavy atom. The summed E-state index contributed by atoms with van der Waals surface area (Å²) in [6.07, 6.45) is 0. The summed E-state index contributed by atoms with van der Waals surface area (Å²) in [5, 5.41) is 3.85. The standard InChI is InChI=1S/C54H60O8P2/c1-29-17-19-43-37(23-29)39-25-31(3)21-33(5)49(39)59-63(57-43)61-51-41(53(9,10)11)27-45(55-15)35(7)47(51)48-36(8)46(56-16)28-42(54(12,13)14)52(48)62-64-58-44-20-18-30(2)24-38(44)40-26-32(4)22-34(6)50(40)60-64/h17-28H,1-16H3. The van der Waals surface area contributed by atoms with Gasteiger partial charge in [-0.25, -0.2) is 0 Å². The quantitative estimate of drug-likeness (QED) is 0.156. The first kappa shape index (κ1) is 44.9. The van der Waals surface area contributed by atoms with Crippen molar-refractivity contribution in [1.29, 1.82) is 0 Å². The lowest BCUT2D eigenvalue weighted by molar-refractivity contribution is 0.405. The van der Waals surface area contributed by atoms with Gasteiger partial charge in [0.05, 0.1) is 14.2 Å². The van der Waals surface area contributed by atoms with Crippen LogP contribution >= 0.6 is 16.5 Å². The Balaban J connectivity index is 1.51. The lowest BCUT2D eigenvalue weighted by Crippen LogP contribution is -2.16. The van der Waals surface area contributed by atoms with Gasteiger partial charge in [-0.3, -0.25) is 0 Å². The molecule has 0 bridgehead atoms. The van der Waals surface area contributed by atoms with Crippen molar-refractivity contribution in [3.63, 3.8) is 0 Å². The summed E-state index contributed by atoms with van der Waals surface area (Å²) >= 11 is 0. The first-order valence-electron chi connectivity index (χ1n) is 21.7. The van der Waals surface area contributed by atoms with Crippen molar-refractivity contribution in [3.05, 3.63) is 128 Å². The Kier molecular flexibility index (Phi) is 11.7. The molecule has 64 heavy (non-hydrogen) atoms. The molecule has 0 aliphatic carbocycles. The van der Waals surface area contributed by atoms with Gasteiger partial charge < -0.3 is 35.3 Å². The third-order valence-electron chi connectivity index (χ3n) is 12.0. The maximum Gasteiger partial charge on any atom is 0.453 e. The number of rotatable bonds is 7. The molecule has 0 aliphatic heterocycles. The molecule has 2 unspecified atom stereocenters. The molecule has 0 N–H and O–H groups in total. The first-order valence-corrected chi connectivity index (χ1v) is 23.9. The topological polar surface area (TPSA) is 89.5 Å². The molecular formula is C54H60O8P2. The van der Waals surface area contributed by atoms with E-state index in [9.17, 15) is 0 Å². The Bertz CT molecular complexity index is 3030. The molecular weight excluding hydrogens is 839 g/mol. The minimum Gasteiger partial charge on any atom is -0.496 e. The normalized spacial score (nSPS) is 12.6.